The maximum absolute atomic E-state index is 14.2. The Bertz CT molecular complexity index is 1850. The minimum absolute atomic E-state index is 0.162. The molecule has 0 atom stereocenters. The van der Waals surface area contributed by atoms with E-state index in [2.05, 4.69) is 54.9 Å². The molecule has 8 heteroatoms. The summed E-state index contributed by atoms with van der Waals surface area (Å²) in [4.78, 5) is 36.8. The number of urea groups is 1. The summed E-state index contributed by atoms with van der Waals surface area (Å²) in [5.74, 6) is 0.991. The van der Waals surface area contributed by atoms with E-state index in [-0.39, 0.29) is 23.1 Å². The zero-order valence-electron chi connectivity index (χ0n) is 26.2. The number of ether oxygens (including phenoxy) is 1. The highest BCUT2D eigenvalue weighted by Crippen LogP contribution is 2.36. The number of carbonyl (C=O) groups is 1. The number of nitrogens with one attached hydrogen (secondary N) is 2. The highest BCUT2D eigenvalue weighted by molar-refractivity contribution is 6.07. The average Bonchev–Trinajstić information content (AvgIpc) is 3.04. The Kier molecular flexibility index (Phi) is 9.73. The molecule has 2 N–H and O–H groups in total. The van der Waals surface area contributed by atoms with Crippen LogP contribution in [0.25, 0.3) is 22.2 Å². The van der Waals surface area contributed by atoms with Crippen molar-refractivity contribution in [2.75, 3.05) is 10.6 Å². The Morgan fingerprint density at radius 3 is 2.33 bits per heavy atom. The molecule has 5 aromatic rings. The van der Waals surface area contributed by atoms with Crippen LogP contribution in [0.15, 0.2) is 103 Å². The number of fused-ring (bicyclic) bond motifs is 1. The first-order valence-corrected chi connectivity index (χ1v) is 15.2. The van der Waals surface area contributed by atoms with Crippen LogP contribution in [0, 0.1) is 0 Å². The maximum Gasteiger partial charge on any atom is 0.323 e. The number of carbonyl (C=O) groups excluding carboxylic acids is 1. The van der Waals surface area contributed by atoms with Crippen LogP contribution in [0.2, 0.25) is 0 Å². The lowest BCUT2D eigenvalue weighted by Crippen LogP contribution is -2.30. The molecular weight excluding hydrogens is 562 g/mol. The first kappa shape index (κ1) is 31.2. The highest BCUT2D eigenvalue weighted by atomic mass is 16.5. The van der Waals surface area contributed by atoms with Gasteiger partial charge < -0.3 is 15.4 Å². The number of para-hydroxylation sites is 1. The van der Waals surface area contributed by atoms with Gasteiger partial charge in [-0.15, -0.1) is 6.58 Å². The zero-order chi connectivity index (χ0) is 31.9. The Hall–Kier alpha value is -5.24. The van der Waals surface area contributed by atoms with Crippen molar-refractivity contribution in [3.63, 3.8) is 0 Å². The van der Waals surface area contributed by atoms with Crippen LogP contribution < -0.4 is 20.9 Å². The predicted octanol–water partition coefficient (Wildman–Crippen LogP) is 8.50. The van der Waals surface area contributed by atoms with Crippen LogP contribution in [0.4, 0.5) is 16.2 Å². The summed E-state index contributed by atoms with van der Waals surface area (Å²) < 4.78 is 7.69. The number of benzene rings is 2. The molecule has 0 unspecified atom stereocenters. The Morgan fingerprint density at radius 1 is 0.933 bits per heavy atom. The number of hydrogen-bond donors (Lipinski definition) is 2. The Morgan fingerprint density at radius 2 is 1.64 bits per heavy atom. The molecule has 0 saturated heterocycles. The van der Waals surface area contributed by atoms with Crippen LogP contribution in [0.1, 0.15) is 62.6 Å². The van der Waals surface area contributed by atoms with E-state index in [1.807, 2.05) is 66.7 Å². The molecule has 2 amide bonds. The number of aromatic nitrogens is 3. The lowest BCUT2D eigenvalue weighted by atomic mass is 9.93. The van der Waals surface area contributed by atoms with Gasteiger partial charge in [-0.2, -0.15) is 0 Å². The van der Waals surface area contributed by atoms with Crippen molar-refractivity contribution in [1.82, 2.24) is 14.5 Å². The molecule has 0 saturated carbocycles. The van der Waals surface area contributed by atoms with E-state index < -0.39 is 6.03 Å². The Balaban J connectivity index is 1.61. The monoisotopic (exact) mass is 601 g/mol. The molecule has 230 valence electrons. The fourth-order valence-corrected chi connectivity index (χ4v) is 5.47. The number of amides is 2. The van der Waals surface area contributed by atoms with Crippen LogP contribution in [-0.4, -0.2) is 20.6 Å². The fraction of sp³-hybridized carbons (Fsp3) is 0.243. The topological polar surface area (TPSA) is 98.1 Å². The standard InChI is InChI=1S/C37H39N5O3/c1-6-7-20-42-35-31(17-11-19-39-35)32(27-13-8-14-28(21-27)45-23-26-12-10-18-38-22-26)34(36(42)43)41-37(44)40-33-29(24(2)3)15-9-16-30(33)25(4)5/h6,8-19,21-22,24-25H,1,7,20,23H2,2-5H3,(H2,40,41,44). The third-order valence-corrected chi connectivity index (χ3v) is 7.68. The molecule has 0 aliphatic carbocycles. The summed E-state index contributed by atoms with van der Waals surface area (Å²) in [7, 11) is 0. The van der Waals surface area contributed by atoms with Gasteiger partial charge in [0.25, 0.3) is 5.56 Å². The number of anilines is 2. The predicted molar refractivity (Wildman–Crippen MR) is 182 cm³/mol. The molecule has 3 aromatic heterocycles. The normalized spacial score (nSPS) is 11.2. The van der Waals surface area contributed by atoms with Crippen molar-refractivity contribution in [1.29, 1.82) is 0 Å². The second-order valence-electron chi connectivity index (χ2n) is 11.5. The fourth-order valence-electron chi connectivity index (χ4n) is 5.47. The van der Waals surface area contributed by atoms with Gasteiger partial charge in [-0.05, 0) is 65.3 Å². The molecule has 0 spiro atoms. The summed E-state index contributed by atoms with van der Waals surface area (Å²) in [5.41, 5.74) is 5.38. The van der Waals surface area contributed by atoms with E-state index in [1.165, 1.54) is 0 Å². The minimum Gasteiger partial charge on any atom is -0.489 e. The van der Waals surface area contributed by atoms with Crippen LogP contribution in [0.5, 0.6) is 5.75 Å². The van der Waals surface area contributed by atoms with Crippen molar-refractivity contribution in [3.8, 4) is 16.9 Å². The zero-order valence-corrected chi connectivity index (χ0v) is 26.2. The van der Waals surface area contributed by atoms with E-state index >= 15 is 0 Å². The number of nitrogens with zero attached hydrogens (tertiary/aromatic N) is 3. The van der Waals surface area contributed by atoms with E-state index in [0.717, 1.165) is 27.8 Å². The average molecular weight is 602 g/mol. The van der Waals surface area contributed by atoms with Gasteiger partial charge in [-0.3, -0.25) is 14.3 Å². The Labute approximate surface area is 263 Å². The quantitative estimate of drug-likeness (QED) is 0.148. The smallest absolute Gasteiger partial charge is 0.323 e. The number of pyridine rings is 3. The van der Waals surface area contributed by atoms with Gasteiger partial charge in [-0.25, -0.2) is 9.78 Å². The van der Waals surface area contributed by atoms with Crippen molar-refractivity contribution in [2.45, 2.75) is 59.1 Å². The lowest BCUT2D eigenvalue weighted by molar-refractivity contribution is 0.262. The first-order chi connectivity index (χ1) is 21.8. The summed E-state index contributed by atoms with van der Waals surface area (Å²) in [6.07, 6.45) is 7.46. The largest absolute Gasteiger partial charge is 0.489 e. The van der Waals surface area contributed by atoms with Crippen LogP contribution >= 0.6 is 0 Å². The van der Waals surface area contributed by atoms with E-state index in [9.17, 15) is 9.59 Å². The molecule has 45 heavy (non-hydrogen) atoms. The van der Waals surface area contributed by atoms with E-state index in [0.29, 0.717) is 42.1 Å². The van der Waals surface area contributed by atoms with Gasteiger partial charge in [0.05, 0.1) is 0 Å². The van der Waals surface area contributed by atoms with Gasteiger partial charge >= 0.3 is 6.03 Å². The second-order valence-corrected chi connectivity index (χ2v) is 11.5. The third-order valence-electron chi connectivity index (χ3n) is 7.68. The lowest BCUT2D eigenvalue weighted by Gasteiger charge is -2.22. The van der Waals surface area contributed by atoms with E-state index in [4.69, 9.17) is 4.74 Å². The van der Waals surface area contributed by atoms with Crippen molar-refractivity contribution >= 4 is 28.4 Å². The van der Waals surface area contributed by atoms with Gasteiger partial charge in [0.15, 0.2) is 0 Å². The molecular formula is C37H39N5O3. The molecule has 0 fully saturated rings. The number of aryl methyl sites for hydroxylation is 1. The number of hydrogen-bond acceptors (Lipinski definition) is 5. The van der Waals surface area contributed by atoms with Crippen molar-refractivity contribution < 1.29 is 9.53 Å². The van der Waals surface area contributed by atoms with Crippen molar-refractivity contribution in [3.05, 3.63) is 125 Å². The second kappa shape index (κ2) is 14.0. The molecule has 0 radical (unpaired) electrons. The molecule has 5 rings (SSSR count). The third kappa shape index (κ3) is 6.96. The molecule has 0 aliphatic heterocycles. The maximum atomic E-state index is 14.2. The van der Waals surface area contributed by atoms with Gasteiger partial charge in [-0.1, -0.05) is 70.2 Å². The number of allylic oxidation sites excluding steroid dienone is 1. The molecule has 0 aliphatic rings. The van der Waals surface area contributed by atoms with Crippen molar-refractivity contribution in [2.24, 2.45) is 0 Å². The number of rotatable bonds is 11. The molecule has 0 bridgehead atoms. The minimum atomic E-state index is -0.495. The van der Waals surface area contributed by atoms with E-state index in [1.54, 1.807) is 29.2 Å². The van der Waals surface area contributed by atoms with Gasteiger partial charge in [0.1, 0.15) is 23.7 Å². The summed E-state index contributed by atoms with van der Waals surface area (Å²) in [5, 5.41) is 6.78. The highest BCUT2D eigenvalue weighted by Gasteiger charge is 2.23. The van der Waals surface area contributed by atoms with Crippen LogP contribution in [0.3, 0.4) is 0 Å². The summed E-state index contributed by atoms with van der Waals surface area (Å²) >= 11 is 0. The molecule has 8 nitrogen and oxygen atoms in total. The summed E-state index contributed by atoms with van der Waals surface area (Å²) in [6.45, 7) is 12.9. The summed E-state index contributed by atoms with van der Waals surface area (Å²) in [6, 6.07) is 20.6. The van der Waals surface area contributed by atoms with Gasteiger partial charge in [0, 0.05) is 47.3 Å². The van der Waals surface area contributed by atoms with Gasteiger partial charge in [0.2, 0.25) is 0 Å². The first-order valence-electron chi connectivity index (χ1n) is 15.2. The van der Waals surface area contributed by atoms with Crippen LogP contribution in [-0.2, 0) is 13.2 Å². The molecule has 2 aromatic carbocycles. The SMILES string of the molecule is C=CCCn1c(=O)c(NC(=O)Nc2c(C(C)C)cccc2C(C)C)c(-c2cccc(OCc3cccnc3)c2)c2cccnc21. The molecule has 3 heterocycles.